The van der Waals surface area contributed by atoms with E-state index in [0.717, 1.165) is 5.56 Å². The van der Waals surface area contributed by atoms with Crippen LogP contribution in [0.1, 0.15) is 39.2 Å². The van der Waals surface area contributed by atoms with Gasteiger partial charge in [-0.1, -0.05) is 30.3 Å². The Hall–Kier alpha value is -2.61. The Balaban J connectivity index is 2.23. The predicted octanol–water partition coefficient (Wildman–Crippen LogP) is 2.89. The molecule has 0 spiro atoms. The van der Waals surface area contributed by atoms with E-state index in [1.54, 1.807) is 20.8 Å². The Morgan fingerprint density at radius 2 is 1.69 bits per heavy atom. The number of esters is 2. The SMILES string of the molecule is COC(=O)[C@@H]1CC(OC)N(C(=O)OCc2ccccc2)[C@@H](C(=O)OC(C)(C)C)C1. The van der Waals surface area contributed by atoms with E-state index >= 15 is 0 Å². The standard InChI is InChI=1S/C21H29NO7/c1-21(2,3)29-19(24)16-11-15(18(23)27-5)12-17(26-4)22(16)20(25)28-13-14-9-7-6-8-10-14/h6-10,15-17H,11-13H2,1-5H3/t15-,16+,17?/m0/s1. The quantitative estimate of drug-likeness (QED) is 0.547. The van der Waals surface area contributed by atoms with Crippen LogP contribution in [-0.2, 0) is 35.1 Å². The van der Waals surface area contributed by atoms with Gasteiger partial charge in [-0.25, -0.2) is 9.59 Å². The first-order valence-electron chi connectivity index (χ1n) is 9.48. The number of nitrogens with zero attached hydrogens (tertiary/aromatic N) is 1. The molecule has 0 aromatic heterocycles. The number of carbonyl (C=O) groups is 3. The smallest absolute Gasteiger partial charge is 0.412 e. The monoisotopic (exact) mass is 407 g/mol. The Bertz CT molecular complexity index is 713. The van der Waals surface area contributed by atoms with Gasteiger partial charge in [0.15, 0.2) is 0 Å². The number of carbonyl (C=O) groups excluding carboxylic acids is 3. The molecule has 0 aliphatic carbocycles. The normalized spacial score (nSPS) is 22.0. The number of likely N-dealkylation sites (tertiary alicyclic amines) is 1. The number of rotatable bonds is 5. The summed E-state index contributed by atoms with van der Waals surface area (Å²) < 4.78 is 21.1. The second kappa shape index (κ2) is 9.73. The number of methoxy groups -OCH3 is 2. The maximum atomic E-state index is 12.9. The molecule has 2 rings (SSSR count). The topological polar surface area (TPSA) is 91.4 Å². The minimum absolute atomic E-state index is 0.0497. The summed E-state index contributed by atoms with van der Waals surface area (Å²) in [6.07, 6.45) is -1.27. The molecule has 8 heteroatoms. The van der Waals surface area contributed by atoms with E-state index in [4.69, 9.17) is 18.9 Å². The first-order valence-corrected chi connectivity index (χ1v) is 9.48. The molecule has 0 radical (unpaired) electrons. The number of hydrogen-bond acceptors (Lipinski definition) is 7. The third kappa shape index (κ3) is 6.19. The van der Waals surface area contributed by atoms with Gasteiger partial charge in [-0.05, 0) is 32.8 Å². The van der Waals surface area contributed by atoms with Crippen LogP contribution in [-0.4, -0.2) is 55.0 Å². The van der Waals surface area contributed by atoms with Gasteiger partial charge in [0.25, 0.3) is 0 Å². The van der Waals surface area contributed by atoms with Crippen LogP contribution >= 0.6 is 0 Å². The number of hydrogen-bond donors (Lipinski definition) is 0. The summed E-state index contributed by atoms with van der Waals surface area (Å²) in [5.74, 6) is -1.68. The second-order valence-electron chi connectivity index (χ2n) is 7.88. The molecule has 1 aromatic rings. The molecule has 0 saturated carbocycles. The van der Waals surface area contributed by atoms with E-state index in [0.29, 0.717) is 0 Å². The minimum Gasteiger partial charge on any atom is -0.469 e. The zero-order valence-corrected chi connectivity index (χ0v) is 17.5. The number of ether oxygens (including phenoxy) is 4. The lowest BCUT2D eigenvalue weighted by atomic mass is 9.89. The molecule has 1 heterocycles. The van der Waals surface area contributed by atoms with E-state index in [2.05, 4.69) is 0 Å². The fourth-order valence-corrected chi connectivity index (χ4v) is 3.22. The van der Waals surface area contributed by atoms with Gasteiger partial charge < -0.3 is 18.9 Å². The van der Waals surface area contributed by atoms with Crippen LogP contribution < -0.4 is 0 Å². The number of amides is 1. The van der Waals surface area contributed by atoms with Crippen molar-refractivity contribution in [3.63, 3.8) is 0 Å². The number of benzene rings is 1. The molecule has 160 valence electrons. The van der Waals surface area contributed by atoms with E-state index in [9.17, 15) is 14.4 Å². The molecule has 1 saturated heterocycles. The molecule has 0 N–H and O–H groups in total. The van der Waals surface area contributed by atoms with Crippen LogP contribution in [0.4, 0.5) is 4.79 Å². The Kier molecular flexibility index (Phi) is 7.61. The minimum atomic E-state index is -1.03. The van der Waals surface area contributed by atoms with Crippen molar-refractivity contribution < 1.29 is 33.3 Å². The summed E-state index contributed by atoms with van der Waals surface area (Å²) in [7, 11) is 2.70. The van der Waals surface area contributed by atoms with Gasteiger partial charge >= 0.3 is 18.0 Å². The molecule has 3 atom stereocenters. The molecule has 1 aromatic carbocycles. The van der Waals surface area contributed by atoms with Crippen molar-refractivity contribution >= 4 is 18.0 Å². The number of piperidine rings is 1. The average molecular weight is 407 g/mol. The van der Waals surface area contributed by atoms with Gasteiger partial charge in [-0.3, -0.25) is 9.69 Å². The summed E-state index contributed by atoms with van der Waals surface area (Å²) in [6.45, 7) is 5.25. The lowest BCUT2D eigenvalue weighted by Gasteiger charge is -2.42. The third-order valence-corrected chi connectivity index (χ3v) is 4.54. The average Bonchev–Trinajstić information content (AvgIpc) is 2.69. The van der Waals surface area contributed by atoms with Gasteiger partial charge in [0.1, 0.15) is 24.5 Å². The van der Waals surface area contributed by atoms with E-state index in [-0.39, 0.29) is 19.4 Å². The Labute approximate surface area is 171 Å². The predicted molar refractivity (Wildman–Crippen MR) is 104 cm³/mol. The molecule has 1 unspecified atom stereocenters. The molecular formula is C21H29NO7. The van der Waals surface area contributed by atoms with Crippen molar-refractivity contribution in [2.75, 3.05) is 14.2 Å². The summed E-state index contributed by atoms with van der Waals surface area (Å²) in [4.78, 5) is 39.0. The first-order chi connectivity index (χ1) is 13.7. The van der Waals surface area contributed by atoms with E-state index in [1.165, 1.54) is 19.1 Å². The van der Waals surface area contributed by atoms with Crippen molar-refractivity contribution in [1.82, 2.24) is 4.90 Å². The van der Waals surface area contributed by atoms with Gasteiger partial charge in [-0.15, -0.1) is 0 Å². The van der Waals surface area contributed by atoms with Crippen LogP contribution in [0.3, 0.4) is 0 Å². The second-order valence-corrected chi connectivity index (χ2v) is 7.88. The maximum Gasteiger partial charge on any atom is 0.412 e. The molecule has 1 aliphatic rings. The van der Waals surface area contributed by atoms with E-state index in [1.807, 2.05) is 30.3 Å². The lowest BCUT2D eigenvalue weighted by molar-refractivity contribution is -0.175. The van der Waals surface area contributed by atoms with Crippen LogP contribution in [0.5, 0.6) is 0 Å². The molecule has 0 bridgehead atoms. The molecule has 1 fully saturated rings. The van der Waals surface area contributed by atoms with E-state index < -0.39 is 41.8 Å². The van der Waals surface area contributed by atoms with Gasteiger partial charge in [0, 0.05) is 13.5 Å². The third-order valence-electron chi connectivity index (χ3n) is 4.54. The molecule has 8 nitrogen and oxygen atoms in total. The van der Waals surface area contributed by atoms with Gasteiger partial charge in [-0.2, -0.15) is 0 Å². The maximum absolute atomic E-state index is 12.9. The highest BCUT2D eigenvalue weighted by molar-refractivity contribution is 5.84. The summed E-state index contributed by atoms with van der Waals surface area (Å²) in [5.41, 5.74) is 0.0605. The molecule has 29 heavy (non-hydrogen) atoms. The zero-order valence-electron chi connectivity index (χ0n) is 17.5. The Morgan fingerprint density at radius 3 is 2.24 bits per heavy atom. The van der Waals surface area contributed by atoms with Crippen molar-refractivity contribution in [3.05, 3.63) is 35.9 Å². The fourth-order valence-electron chi connectivity index (χ4n) is 3.22. The first kappa shape index (κ1) is 22.7. The van der Waals surface area contributed by atoms with Crippen molar-refractivity contribution in [2.45, 2.75) is 58.1 Å². The van der Waals surface area contributed by atoms with Crippen LogP contribution in [0.25, 0.3) is 0 Å². The Morgan fingerprint density at radius 1 is 1.03 bits per heavy atom. The van der Waals surface area contributed by atoms with Crippen LogP contribution in [0.15, 0.2) is 30.3 Å². The lowest BCUT2D eigenvalue weighted by Crippen LogP contribution is -2.58. The van der Waals surface area contributed by atoms with Crippen LogP contribution in [0.2, 0.25) is 0 Å². The summed E-state index contributed by atoms with van der Waals surface area (Å²) in [6, 6.07) is 8.17. The van der Waals surface area contributed by atoms with Gasteiger partial charge in [0.05, 0.1) is 13.0 Å². The summed E-state index contributed by atoms with van der Waals surface area (Å²) in [5, 5.41) is 0. The fraction of sp³-hybridized carbons (Fsp3) is 0.571. The highest BCUT2D eigenvalue weighted by Crippen LogP contribution is 2.31. The van der Waals surface area contributed by atoms with Crippen molar-refractivity contribution in [3.8, 4) is 0 Å². The van der Waals surface area contributed by atoms with Gasteiger partial charge in [0.2, 0.25) is 0 Å². The zero-order chi connectivity index (χ0) is 21.6. The molecule has 1 aliphatic heterocycles. The largest absolute Gasteiger partial charge is 0.469 e. The van der Waals surface area contributed by atoms with Crippen molar-refractivity contribution in [1.29, 1.82) is 0 Å². The highest BCUT2D eigenvalue weighted by atomic mass is 16.6. The molecule has 1 amide bonds. The van der Waals surface area contributed by atoms with Crippen molar-refractivity contribution in [2.24, 2.45) is 5.92 Å². The van der Waals surface area contributed by atoms with Crippen LogP contribution in [0, 0.1) is 5.92 Å². The highest BCUT2D eigenvalue weighted by Gasteiger charge is 2.47. The molecular weight excluding hydrogens is 378 g/mol. The summed E-state index contributed by atoms with van der Waals surface area (Å²) >= 11 is 0.